The van der Waals surface area contributed by atoms with E-state index in [9.17, 15) is 0 Å². The SMILES string of the molecule is CCCC(C)NC(C)CC(C)(C)c1ccccc1. The molecule has 1 aromatic rings. The van der Waals surface area contributed by atoms with E-state index in [0.717, 1.165) is 0 Å². The summed E-state index contributed by atoms with van der Waals surface area (Å²) in [6.07, 6.45) is 3.68. The van der Waals surface area contributed by atoms with Gasteiger partial charge in [0.05, 0.1) is 0 Å². The molecule has 0 saturated heterocycles. The Labute approximate surface area is 113 Å². The van der Waals surface area contributed by atoms with Crippen LogP contribution < -0.4 is 5.32 Å². The van der Waals surface area contributed by atoms with Gasteiger partial charge in [-0.2, -0.15) is 0 Å². The first-order chi connectivity index (χ1) is 8.45. The summed E-state index contributed by atoms with van der Waals surface area (Å²) in [6.45, 7) is 11.5. The number of hydrogen-bond donors (Lipinski definition) is 1. The normalized spacial score (nSPS) is 15.4. The van der Waals surface area contributed by atoms with Crippen LogP contribution in [0.3, 0.4) is 0 Å². The van der Waals surface area contributed by atoms with Gasteiger partial charge >= 0.3 is 0 Å². The molecule has 1 aromatic carbocycles. The fourth-order valence-electron chi connectivity index (χ4n) is 2.83. The molecule has 0 aliphatic rings. The first-order valence-electron chi connectivity index (χ1n) is 7.27. The van der Waals surface area contributed by atoms with Crippen molar-refractivity contribution in [3.05, 3.63) is 35.9 Å². The van der Waals surface area contributed by atoms with Crippen LogP contribution in [0.2, 0.25) is 0 Å². The Balaban J connectivity index is 2.55. The minimum absolute atomic E-state index is 0.236. The second-order valence-corrected chi connectivity index (χ2v) is 6.21. The van der Waals surface area contributed by atoms with Gasteiger partial charge in [-0.05, 0) is 37.7 Å². The van der Waals surface area contributed by atoms with Crippen LogP contribution in [-0.4, -0.2) is 12.1 Å². The van der Waals surface area contributed by atoms with E-state index >= 15 is 0 Å². The highest BCUT2D eigenvalue weighted by atomic mass is 14.9. The molecule has 0 amide bonds. The first kappa shape index (κ1) is 15.2. The first-order valence-corrected chi connectivity index (χ1v) is 7.27. The van der Waals surface area contributed by atoms with Crippen molar-refractivity contribution in [2.75, 3.05) is 0 Å². The highest BCUT2D eigenvalue weighted by Crippen LogP contribution is 2.28. The minimum Gasteiger partial charge on any atom is -0.312 e. The van der Waals surface area contributed by atoms with Gasteiger partial charge < -0.3 is 5.32 Å². The van der Waals surface area contributed by atoms with Crippen molar-refractivity contribution in [3.8, 4) is 0 Å². The van der Waals surface area contributed by atoms with Crippen molar-refractivity contribution >= 4 is 0 Å². The molecule has 0 bridgehead atoms. The molecule has 0 aliphatic heterocycles. The van der Waals surface area contributed by atoms with E-state index in [-0.39, 0.29) is 5.41 Å². The van der Waals surface area contributed by atoms with Gasteiger partial charge in [-0.1, -0.05) is 57.5 Å². The maximum absolute atomic E-state index is 3.71. The number of rotatable bonds is 7. The fraction of sp³-hybridized carbons (Fsp3) is 0.647. The van der Waals surface area contributed by atoms with Gasteiger partial charge in [0.2, 0.25) is 0 Å². The Bertz CT molecular complexity index is 329. The van der Waals surface area contributed by atoms with Gasteiger partial charge in [0.25, 0.3) is 0 Å². The summed E-state index contributed by atoms with van der Waals surface area (Å²) < 4.78 is 0. The molecule has 102 valence electrons. The summed E-state index contributed by atoms with van der Waals surface area (Å²) >= 11 is 0. The van der Waals surface area contributed by atoms with Crippen LogP contribution in [0.5, 0.6) is 0 Å². The van der Waals surface area contributed by atoms with Crippen molar-refractivity contribution in [2.24, 2.45) is 0 Å². The summed E-state index contributed by atoms with van der Waals surface area (Å²) in [6, 6.07) is 12.0. The van der Waals surface area contributed by atoms with E-state index in [1.165, 1.54) is 24.8 Å². The topological polar surface area (TPSA) is 12.0 Å². The van der Waals surface area contributed by atoms with Crippen molar-refractivity contribution in [1.82, 2.24) is 5.32 Å². The average molecular weight is 247 g/mol. The largest absolute Gasteiger partial charge is 0.312 e. The lowest BCUT2D eigenvalue weighted by Crippen LogP contribution is -2.38. The van der Waals surface area contributed by atoms with Crippen LogP contribution in [0.15, 0.2) is 30.3 Å². The van der Waals surface area contributed by atoms with E-state index in [1.807, 2.05) is 0 Å². The Morgan fingerprint density at radius 1 is 1.06 bits per heavy atom. The zero-order chi connectivity index (χ0) is 13.6. The number of benzene rings is 1. The average Bonchev–Trinajstić information content (AvgIpc) is 2.29. The van der Waals surface area contributed by atoms with E-state index in [0.29, 0.717) is 12.1 Å². The van der Waals surface area contributed by atoms with E-state index < -0.39 is 0 Å². The van der Waals surface area contributed by atoms with Gasteiger partial charge in [-0.3, -0.25) is 0 Å². The Kier molecular flexibility index (Phi) is 5.87. The lowest BCUT2D eigenvalue weighted by atomic mass is 9.79. The van der Waals surface area contributed by atoms with Gasteiger partial charge in [0, 0.05) is 12.1 Å². The molecule has 0 radical (unpaired) electrons. The zero-order valence-corrected chi connectivity index (χ0v) is 12.7. The van der Waals surface area contributed by atoms with Crippen molar-refractivity contribution in [2.45, 2.75) is 71.4 Å². The lowest BCUT2D eigenvalue weighted by Gasteiger charge is -2.30. The van der Waals surface area contributed by atoms with E-state index in [4.69, 9.17) is 0 Å². The quantitative estimate of drug-likeness (QED) is 0.747. The third-order valence-electron chi connectivity index (χ3n) is 3.66. The van der Waals surface area contributed by atoms with E-state index in [1.54, 1.807) is 0 Å². The van der Waals surface area contributed by atoms with Crippen LogP contribution in [0.1, 0.15) is 59.4 Å². The molecule has 1 N–H and O–H groups in total. The zero-order valence-electron chi connectivity index (χ0n) is 12.7. The minimum atomic E-state index is 0.236. The Morgan fingerprint density at radius 3 is 2.22 bits per heavy atom. The Hall–Kier alpha value is -0.820. The summed E-state index contributed by atoms with van der Waals surface area (Å²) in [7, 11) is 0. The van der Waals surface area contributed by atoms with Crippen molar-refractivity contribution in [1.29, 1.82) is 0 Å². The highest BCUT2D eigenvalue weighted by molar-refractivity contribution is 5.23. The van der Waals surface area contributed by atoms with Gasteiger partial charge in [0.1, 0.15) is 0 Å². The molecule has 0 heterocycles. The molecule has 2 atom stereocenters. The van der Waals surface area contributed by atoms with Crippen LogP contribution >= 0.6 is 0 Å². The van der Waals surface area contributed by atoms with Crippen LogP contribution in [-0.2, 0) is 5.41 Å². The molecule has 0 saturated carbocycles. The van der Waals surface area contributed by atoms with Crippen molar-refractivity contribution in [3.63, 3.8) is 0 Å². The fourth-order valence-corrected chi connectivity index (χ4v) is 2.83. The maximum atomic E-state index is 3.71. The lowest BCUT2D eigenvalue weighted by molar-refractivity contribution is 0.355. The second-order valence-electron chi connectivity index (χ2n) is 6.21. The molecule has 0 aliphatic carbocycles. The molecule has 1 heteroatoms. The van der Waals surface area contributed by atoms with Gasteiger partial charge in [0.15, 0.2) is 0 Å². The van der Waals surface area contributed by atoms with E-state index in [2.05, 4.69) is 70.3 Å². The van der Waals surface area contributed by atoms with Gasteiger partial charge in [-0.25, -0.2) is 0 Å². The van der Waals surface area contributed by atoms with Crippen LogP contribution in [0.25, 0.3) is 0 Å². The maximum Gasteiger partial charge on any atom is 0.00494 e. The monoisotopic (exact) mass is 247 g/mol. The summed E-state index contributed by atoms with van der Waals surface area (Å²) in [5.74, 6) is 0. The summed E-state index contributed by atoms with van der Waals surface area (Å²) in [5, 5.41) is 3.71. The Morgan fingerprint density at radius 2 is 1.67 bits per heavy atom. The van der Waals surface area contributed by atoms with Gasteiger partial charge in [-0.15, -0.1) is 0 Å². The standard InChI is InChI=1S/C17H29N/c1-6-10-14(2)18-15(3)13-17(4,5)16-11-8-7-9-12-16/h7-9,11-12,14-15,18H,6,10,13H2,1-5H3. The molecule has 1 nitrogen and oxygen atoms in total. The van der Waals surface area contributed by atoms with Crippen molar-refractivity contribution < 1.29 is 0 Å². The predicted octanol–water partition coefficient (Wildman–Crippen LogP) is 4.52. The predicted molar refractivity (Wildman–Crippen MR) is 81.1 cm³/mol. The number of nitrogens with one attached hydrogen (secondary N) is 1. The molecular weight excluding hydrogens is 218 g/mol. The summed E-state index contributed by atoms with van der Waals surface area (Å²) in [4.78, 5) is 0. The number of hydrogen-bond acceptors (Lipinski definition) is 1. The summed E-state index contributed by atoms with van der Waals surface area (Å²) in [5.41, 5.74) is 1.67. The van der Waals surface area contributed by atoms with Crippen LogP contribution in [0.4, 0.5) is 0 Å². The molecule has 2 unspecified atom stereocenters. The third kappa shape index (κ3) is 4.81. The van der Waals surface area contributed by atoms with Crippen LogP contribution in [0, 0.1) is 0 Å². The molecule has 1 rings (SSSR count). The third-order valence-corrected chi connectivity index (χ3v) is 3.66. The molecule has 0 fully saturated rings. The second kappa shape index (κ2) is 6.94. The molecule has 18 heavy (non-hydrogen) atoms. The molecular formula is C17H29N. The molecule has 0 spiro atoms. The smallest absolute Gasteiger partial charge is 0.00494 e. The highest BCUT2D eigenvalue weighted by Gasteiger charge is 2.23. The molecule has 0 aromatic heterocycles.